The number of halogens is 3. The lowest BCUT2D eigenvalue weighted by Crippen LogP contribution is -2.14. The number of benzene rings is 1. The van der Waals surface area contributed by atoms with Crippen LogP contribution in [0.25, 0.3) is 0 Å². The van der Waals surface area contributed by atoms with Crippen LogP contribution in [0.15, 0.2) is 33.1 Å². The van der Waals surface area contributed by atoms with E-state index < -0.39 is 20.7 Å². The van der Waals surface area contributed by atoms with Crippen LogP contribution in [0.4, 0.5) is 4.39 Å². The van der Waals surface area contributed by atoms with Crippen molar-refractivity contribution in [3.63, 3.8) is 0 Å². The van der Waals surface area contributed by atoms with Crippen molar-refractivity contribution in [1.29, 1.82) is 0 Å². The quantitative estimate of drug-likeness (QED) is 0.911. The third-order valence-electron chi connectivity index (χ3n) is 1.72. The largest absolute Gasteiger partial charge is 0.488 e. The van der Waals surface area contributed by atoms with Crippen LogP contribution in [0.1, 0.15) is 0 Å². The van der Waals surface area contributed by atoms with Gasteiger partial charge in [-0.15, -0.1) is 0 Å². The molecule has 0 bridgehead atoms. The number of hydrogen-bond acceptors (Lipinski definition) is 3. The molecule has 0 aliphatic rings. The molecule has 0 saturated heterocycles. The molecule has 0 spiro atoms. The number of hydrogen-bond donors (Lipinski definition) is 1. The Labute approximate surface area is 111 Å². The van der Waals surface area contributed by atoms with Gasteiger partial charge in [-0.25, -0.2) is 17.9 Å². The highest BCUT2D eigenvalue weighted by molar-refractivity contribution is 9.10. The second-order valence-corrected chi connectivity index (χ2v) is 5.57. The first-order valence-corrected chi connectivity index (χ1v) is 7.03. The predicted molar refractivity (Wildman–Crippen MR) is 66.0 cm³/mol. The summed E-state index contributed by atoms with van der Waals surface area (Å²) >= 11 is 8.34. The Hall–Kier alpha value is -0.630. The van der Waals surface area contributed by atoms with E-state index in [1.54, 1.807) is 0 Å². The van der Waals surface area contributed by atoms with Crippen LogP contribution in [0, 0.1) is 5.82 Å². The van der Waals surface area contributed by atoms with E-state index in [0.29, 0.717) is 0 Å². The second kappa shape index (κ2) is 5.81. The average molecular weight is 345 g/mol. The van der Waals surface area contributed by atoms with Crippen molar-refractivity contribution < 1.29 is 17.5 Å². The molecule has 0 heterocycles. The zero-order chi connectivity index (χ0) is 13.1. The maximum Gasteiger partial charge on any atom is 0.241 e. The average Bonchev–Trinajstić information content (AvgIpc) is 2.21. The van der Waals surface area contributed by atoms with Crippen molar-refractivity contribution in [2.24, 2.45) is 5.14 Å². The van der Waals surface area contributed by atoms with Gasteiger partial charge in [0, 0.05) is 11.6 Å². The molecule has 17 heavy (non-hydrogen) atoms. The molecule has 0 radical (unpaired) electrons. The van der Waals surface area contributed by atoms with Crippen molar-refractivity contribution in [1.82, 2.24) is 0 Å². The summed E-state index contributed by atoms with van der Waals surface area (Å²) in [6.07, 6.45) is 1.50. The fraction of sp³-hybridized carbons (Fsp3) is 0.111. The van der Waals surface area contributed by atoms with E-state index in [1.165, 1.54) is 11.6 Å². The van der Waals surface area contributed by atoms with Gasteiger partial charge in [0.15, 0.2) is 0 Å². The molecule has 0 aliphatic heterocycles. The fourth-order valence-corrected chi connectivity index (χ4v) is 2.31. The van der Waals surface area contributed by atoms with Gasteiger partial charge in [0.25, 0.3) is 0 Å². The minimum absolute atomic E-state index is 0.135. The highest BCUT2D eigenvalue weighted by atomic mass is 79.9. The lowest BCUT2D eigenvalue weighted by atomic mass is 10.3. The number of nitrogens with two attached hydrogens (primary N) is 1. The lowest BCUT2D eigenvalue weighted by molar-refractivity contribution is 0.357. The van der Waals surface area contributed by atoms with Crippen LogP contribution in [0.2, 0.25) is 0 Å². The van der Waals surface area contributed by atoms with Crippen molar-refractivity contribution in [2.75, 3.05) is 6.61 Å². The summed E-state index contributed by atoms with van der Waals surface area (Å²) in [5.74, 6) is -0.815. The molecule has 0 unspecified atom stereocenters. The SMILES string of the molecule is NS(=O)(=O)c1cc(Br)c(OC/C=C/Cl)cc1F. The first kappa shape index (κ1) is 14.4. The summed E-state index contributed by atoms with van der Waals surface area (Å²) in [5, 5.41) is 4.84. The van der Waals surface area contributed by atoms with Gasteiger partial charge in [0.2, 0.25) is 10.0 Å². The van der Waals surface area contributed by atoms with Crippen molar-refractivity contribution >= 4 is 37.6 Å². The Morgan fingerprint density at radius 2 is 2.18 bits per heavy atom. The maximum atomic E-state index is 13.4. The molecule has 0 aliphatic carbocycles. The molecular formula is C9H8BrClFNO3S. The molecule has 1 aromatic carbocycles. The molecule has 2 N–H and O–H groups in total. The molecule has 0 atom stereocenters. The Morgan fingerprint density at radius 3 is 2.71 bits per heavy atom. The Kier molecular flexibility index (Phi) is 4.93. The predicted octanol–water partition coefficient (Wildman–Crippen LogP) is 2.37. The molecule has 8 heteroatoms. The molecule has 0 aromatic heterocycles. The molecule has 0 amide bonds. The van der Waals surface area contributed by atoms with Crippen LogP contribution < -0.4 is 9.88 Å². The van der Waals surface area contributed by atoms with Crippen LogP contribution in [0.5, 0.6) is 5.75 Å². The molecule has 1 aromatic rings. The summed E-state index contributed by atoms with van der Waals surface area (Å²) in [7, 11) is -4.09. The number of sulfonamides is 1. The van der Waals surface area contributed by atoms with Crippen LogP contribution in [-0.2, 0) is 10.0 Å². The van der Waals surface area contributed by atoms with Crippen molar-refractivity contribution in [3.8, 4) is 5.75 Å². The summed E-state index contributed by atoms with van der Waals surface area (Å²) in [4.78, 5) is -0.593. The van der Waals surface area contributed by atoms with Gasteiger partial charge >= 0.3 is 0 Å². The third-order valence-corrected chi connectivity index (χ3v) is 3.44. The van der Waals surface area contributed by atoms with E-state index in [0.717, 1.165) is 12.1 Å². The molecule has 94 valence electrons. The summed E-state index contributed by atoms with van der Waals surface area (Å²) in [6.45, 7) is 0.135. The Bertz CT molecular complexity index is 547. The van der Waals surface area contributed by atoms with Crippen molar-refractivity contribution in [3.05, 3.63) is 34.0 Å². The molecule has 4 nitrogen and oxygen atoms in total. The summed E-state index contributed by atoms with van der Waals surface area (Å²) in [6, 6.07) is 1.98. The highest BCUT2D eigenvalue weighted by Gasteiger charge is 2.17. The van der Waals surface area contributed by atoms with Gasteiger partial charge < -0.3 is 4.74 Å². The number of primary sulfonamides is 1. The molecule has 0 saturated carbocycles. The third kappa shape index (κ3) is 3.95. The van der Waals surface area contributed by atoms with Gasteiger partial charge in [0.1, 0.15) is 23.1 Å². The van der Waals surface area contributed by atoms with Crippen molar-refractivity contribution in [2.45, 2.75) is 4.90 Å². The second-order valence-electron chi connectivity index (χ2n) is 2.93. The van der Waals surface area contributed by atoms with E-state index in [2.05, 4.69) is 15.9 Å². The Balaban J connectivity index is 3.10. The lowest BCUT2D eigenvalue weighted by Gasteiger charge is -2.08. The van der Waals surface area contributed by atoms with Crippen LogP contribution in [-0.4, -0.2) is 15.0 Å². The zero-order valence-corrected chi connectivity index (χ0v) is 11.5. The summed E-state index contributed by atoms with van der Waals surface area (Å²) < 4.78 is 40.9. The summed E-state index contributed by atoms with van der Waals surface area (Å²) in [5.41, 5.74) is 1.25. The monoisotopic (exact) mass is 343 g/mol. The van der Waals surface area contributed by atoms with Gasteiger partial charge in [-0.3, -0.25) is 0 Å². The topological polar surface area (TPSA) is 69.4 Å². The van der Waals surface area contributed by atoms with Gasteiger partial charge in [-0.05, 0) is 28.1 Å². The molecule has 0 fully saturated rings. The van der Waals surface area contributed by atoms with Gasteiger partial charge in [-0.1, -0.05) is 11.6 Å². The Morgan fingerprint density at radius 1 is 1.53 bits per heavy atom. The van der Waals surface area contributed by atoms with Gasteiger partial charge in [-0.2, -0.15) is 0 Å². The van der Waals surface area contributed by atoms with Crippen LogP contribution in [0.3, 0.4) is 0 Å². The molecule has 1 rings (SSSR count). The minimum atomic E-state index is -4.09. The van der Waals surface area contributed by atoms with E-state index >= 15 is 0 Å². The standard InChI is InChI=1S/C9H8BrClFNO3S/c10-6-4-9(17(13,14)15)7(12)5-8(6)16-3-1-2-11/h1-2,4-5H,3H2,(H2,13,14,15)/b2-1+. The van der Waals surface area contributed by atoms with Gasteiger partial charge in [0.05, 0.1) is 4.47 Å². The van der Waals surface area contributed by atoms with E-state index in [4.69, 9.17) is 21.5 Å². The number of ether oxygens (including phenoxy) is 1. The highest BCUT2D eigenvalue weighted by Crippen LogP contribution is 2.29. The first-order chi connectivity index (χ1) is 7.86. The maximum absolute atomic E-state index is 13.4. The smallest absolute Gasteiger partial charge is 0.241 e. The normalized spacial score (nSPS) is 12.0. The molecular weight excluding hydrogens is 337 g/mol. The van der Waals surface area contributed by atoms with E-state index in [9.17, 15) is 12.8 Å². The first-order valence-electron chi connectivity index (χ1n) is 4.26. The number of rotatable bonds is 4. The van der Waals surface area contributed by atoms with E-state index in [1.807, 2.05) is 0 Å². The van der Waals surface area contributed by atoms with E-state index in [-0.39, 0.29) is 16.8 Å². The minimum Gasteiger partial charge on any atom is -0.488 e. The fourth-order valence-electron chi connectivity index (χ4n) is 1.01. The van der Waals surface area contributed by atoms with Crippen LogP contribution >= 0.6 is 27.5 Å². The zero-order valence-electron chi connectivity index (χ0n) is 8.36.